The van der Waals surface area contributed by atoms with Crippen molar-refractivity contribution in [2.45, 2.75) is 217 Å². The molecule has 14 atom stereocenters. The molecule has 0 aliphatic carbocycles. The van der Waals surface area contributed by atoms with E-state index in [4.69, 9.17) is 22.9 Å². The van der Waals surface area contributed by atoms with E-state index in [9.17, 15) is 28.8 Å². The fourth-order valence-electron chi connectivity index (χ4n) is 13.7. The van der Waals surface area contributed by atoms with Crippen molar-refractivity contribution >= 4 is 70.9 Å². The molecule has 12 amide bonds. The van der Waals surface area contributed by atoms with Crippen LogP contribution < -0.4 is 76.1 Å². The van der Waals surface area contributed by atoms with E-state index in [1.54, 1.807) is 88.4 Å². The second-order valence-corrected chi connectivity index (χ2v) is 29.8. The third kappa shape index (κ3) is 24.7. The van der Waals surface area contributed by atoms with Crippen LogP contribution >= 0.6 is 0 Å². The van der Waals surface area contributed by atoms with Crippen LogP contribution in [-0.2, 0) is 83.2 Å². The molecule has 3 fully saturated rings. The zero-order chi connectivity index (χ0) is 77.3. The van der Waals surface area contributed by atoms with Crippen molar-refractivity contribution in [2.75, 3.05) is 26.2 Å². The van der Waals surface area contributed by atoms with E-state index in [2.05, 4.69) is 53.2 Å². The third-order valence-corrected chi connectivity index (χ3v) is 19.4. The Labute approximate surface area is 622 Å². The van der Waals surface area contributed by atoms with Gasteiger partial charge in [-0.2, -0.15) is 0 Å². The summed E-state index contributed by atoms with van der Waals surface area (Å²) in [6.45, 7) is 13.6. The van der Waals surface area contributed by atoms with Crippen molar-refractivity contribution in [2.24, 2.45) is 46.6 Å². The van der Waals surface area contributed by atoms with Gasteiger partial charge in [-0.05, 0) is 123 Å². The van der Waals surface area contributed by atoms with Crippen molar-refractivity contribution in [3.05, 3.63) is 144 Å². The quantitative estimate of drug-likeness (QED) is 0.0456. The maximum atomic E-state index is 15.7. The number of carbonyl (C=O) groups is 12. The van der Waals surface area contributed by atoms with Gasteiger partial charge in [-0.1, -0.05) is 177 Å². The molecule has 106 heavy (non-hydrogen) atoms. The van der Waals surface area contributed by atoms with Gasteiger partial charge in [0.25, 0.3) is 0 Å². The van der Waals surface area contributed by atoms with Gasteiger partial charge in [-0.3, -0.25) is 57.5 Å². The minimum Gasteiger partial charge on any atom is -0.350 e. The first-order valence-corrected chi connectivity index (χ1v) is 37.3. The lowest BCUT2D eigenvalue weighted by Gasteiger charge is -2.33. The zero-order valence-electron chi connectivity index (χ0n) is 62.4. The predicted molar refractivity (Wildman–Crippen MR) is 401 cm³/mol. The molecule has 3 aliphatic heterocycles. The highest BCUT2D eigenvalue weighted by molar-refractivity contribution is 6.00. The van der Waals surface area contributed by atoms with Gasteiger partial charge in [0.2, 0.25) is 70.9 Å². The van der Waals surface area contributed by atoms with Crippen LogP contribution in [0.25, 0.3) is 0 Å². The summed E-state index contributed by atoms with van der Waals surface area (Å²) >= 11 is 0. The maximum absolute atomic E-state index is 15.7. The van der Waals surface area contributed by atoms with E-state index in [0.29, 0.717) is 11.1 Å². The van der Waals surface area contributed by atoms with Crippen LogP contribution in [0.3, 0.4) is 0 Å². The van der Waals surface area contributed by atoms with Gasteiger partial charge in [-0.15, -0.1) is 0 Å². The number of hydrogen-bond donors (Lipinski definition) is 14. The van der Waals surface area contributed by atoms with E-state index >= 15 is 28.8 Å². The largest absolute Gasteiger partial charge is 0.350 e. The Balaban J connectivity index is 1.32. The van der Waals surface area contributed by atoms with Gasteiger partial charge in [0.15, 0.2) is 0 Å². The second kappa shape index (κ2) is 40.7. The summed E-state index contributed by atoms with van der Waals surface area (Å²) in [7, 11) is 0. The van der Waals surface area contributed by atoms with Crippen molar-refractivity contribution in [3.8, 4) is 0 Å². The molecule has 0 saturated carbocycles. The lowest BCUT2D eigenvalue weighted by atomic mass is 9.98. The Morgan fingerprint density at radius 2 is 0.689 bits per heavy atom. The van der Waals surface area contributed by atoms with Gasteiger partial charge in [-0.25, -0.2) is 0 Å². The van der Waals surface area contributed by atoms with Crippen LogP contribution in [0.1, 0.15) is 129 Å². The summed E-state index contributed by atoms with van der Waals surface area (Å²) in [6, 6.07) is 18.0. The van der Waals surface area contributed by atoms with E-state index in [0.717, 1.165) is 11.1 Å². The average molecular weight is 1470 g/mol. The molecule has 0 bridgehead atoms. The summed E-state index contributed by atoms with van der Waals surface area (Å²) < 4.78 is 0. The summed E-state index contributed by atoms with van der Waals surface area (Å²) in [4.78, 5) is 182. The normalized spacial score (nSPS) is 25.1. The van der Waals surface area contributed by atoms with Crippen LogP contribution in [0.5, 0.6) is 0 Å². The van der Waals surface area contributed by atoms with Crippen LogP contribution in [-0.4, -0.2) is 191 Å². The highest BCUT2D eigenvalue weighted by Crippen LogP contribution is 2.26. The molecule has 18 N–H and O–H groups in total. The lowest BCUT2D eigenvalue weighted by Crippen LogP contribution is -2.62. The first-order valence-electron chi connectivity index (χ1n) is 37.3. The standard InChI is InChI=1S/C78H112N16O12/c1-45(2)35-59-71(99)89-61(39-51-27-17-11-18-28-51)77(105)93-43-53(83-67(95)55(81)37-49-23-13-9-14-24-49)41-63(93)73(101)92-66(48(7)8)76(104)86-58(32-22-34-80)70(98)88-60(36-46(3)4)72(100)90-62(40-52-29-19-12-20-30-52)78(106)94-44-54(84-68(96)56(82)38-50-25-15-10-16-26-50)42-64(94)74(102)91-65(47(5)6)75(103)85-57(31-21-33-79)69(97)87-59/h9-20,23-30,45-48,53-66H,21-22,31-44,79-82H2,1-8H3,(H,83,95)(H,84,96)(H,85,103)(H,86,104)(H,87,97)(H,88,98)(H,89,99)(H,90,100)(H,91,102)(H,92,101)/t53-,54-,55+,56+,57+,58+,59+,60+,61-,62-,63+,64+,65+,66+/m1/s1. The number of hydrogen-bond acceptors (Lipinski definition) is 16. The zero-order valence-corrected chi connectivity index (χ0v) is 62.4. The van der Waals surface area contributed by atoms with Gasteiger partial charge in [0.05, 0.1) is 12.1 Å². The summed E-state index contributed by atoms with van der Waals surface area (Å²) in [5.74, 6) is -10.9. The number of amides is 12. The van der Waals surface area contributed by atoms with E-state index in [1.165, 1.54) is 9.80 Å². The maximum Gasteiger partial charge on any atom is 0.246 e. The average Bonchev–Trinajstić information content (AvgIpc) is 1.65. The number of rotatable bonds is 24. The SMILES string of the molecule is CC(C)C[C@@H]1NC(=O)[C@H](CCCN)NC(=O)[C@H](C(C)C)NC(=O)[C@@H]2C[C@@H](NC(=O)[C@@H](N)Cc3ccccc3)CN2C(=O)[C@@H](Cc2ccccc2)NC(=O)[C@H](CC(C)C)NC(=O)[C@H](CCCN)NC(=O)[C@H](C(C)C)NC(=O)[C@@H]2C[C@@H](NC(=O)[C@@H](N)Cc3ccccc3)CN2C(=O)[C@@H](Cc2ccccc2)NC1=O. The molecule has 0 unspecified atom stereocenters. The number of carbonyl (C=O) groups excluding carboxylic acids is 12. The minimum absolute atomic E-state index is 0.0248. The fraction of sp³-hybridized carbons (Fsp3) is 0.538. The highest BCUT2D eigenvalue weighted by atomic mass is 16.2. The van der Waals surface area contributed by atoms with E-state index in [-0.39, 0.29) is 115 Å². The first kappa shape index (κ1) is 83.6. The molecule has 3 saturated heterocycles. The summed E-state index contributed by atoms with van der Waals surface area (Å²) in [5, 5.41) is 28.7. The Morgan fingerprint density at radius 1 is 0.396 bits per heavy atom. The van der Waals surface area contributed by atoms with Gasteiger partial charge in [0.1, 0.15) is 60.4 Å². The molecule has 4 aromatic rings. The highest BCUT2D eigenvalue weighted by Gasteiger charge is 2.47. The molecule has 28 nitrogen and oxygen atoms in total. The molecule has 4 aromatic carbocycles. The second-order valence-electron chi connectivity index (χ2n) is 29.8. The van der Waals surface area contributed by atoms with Gasteiger partial charge >= 0.3 is 0 Å². The predicted octanol–water partition coefficient (Wildman–Crippen LogP) is 0.557. The third-order valence-electron chi connectivity index (χ3n) is 19.4. The Bertz CT molecular complexity index is 3380. The fourth-order valence-corrected chi connectivity index (χ4v) is 13.7. The van der Waals surface area contributed by atoms with Crippen LogP contribution in [0.15, 0.2) is 121 Å². The Morgan fingerprint density at radius 3 is 0.991 bits per heavy atom. The van der Waals surface area contributed by atoms with Crippen molar-refractivity contribution < 1.29 is 57.5 Å². The molecule has 0 radical (unpaired) electrons. The van der Waals surface area contributed by atoms with Gasteiger partial charge < -0.3 is 85.9 Å². The summed E-state index contributed by atoms with van der Waals surface area (Å²) in [6.07, 6.45) is 0.119. The van der Waals surface area contributed by atoms with Crippen molar-refractivity contribution in [3.63, 3.8) is 0 Å². The monoisotopic (exact) mass is 1460 g/mol. The molecule has 0 aromatic heterocycles. The molecule has 3 heterocycles. The Hall–Kier alpha value is -9.64. The van der Waals surface area contributed by atoms with Gasteiger partial charge in [0, 0.05) is 38.0 Å². The summed E-state index contributed by atoms with van der Waals surface area (Å²) in [5.41, 5.74) is 27.8. The smallest absolute Gasteiger partial charge is 0.246 e. The van der Waals surface area contributed by atoms with E-state index < -0.39 is 167 Å². The van der Waals surface area contributed by atoms with Crippen LogP contribution in [0, 0.1) is 23.7 Å². The number of nitrogens with two attached hydrogens (primary N) is 4. The van der Waals surface area contributed by atoms with E-state index in [1.807, 2.05) is 88.4 Å². The minimum atomic E-state index is -1.44. The number of benzene rings is 4. The first-order chi connectivity index (χ1) is 50.5. The number of nitrogens with one attached hydrogen (secondary N) is 10. The molecular formula is C78H112N16O12. The number of fused-ring (bicyclic) bond motifs is 2. The molecule has 576 valence electrons. The van der Waals surface area contributed by atoms with Crippen molar-refractivity contribution in [1.82, 2.24) is 63.0 Å². The molecular weight excluding hydrogens is 1350 g/mol. The van der Waals surface area contributed by atoms with Crippen LogP contribution in [0.2, 0.25) is 0 Å². The molecule has 28 heteroatoms. The lowest BCUT2D eigenvalue weighted by molar-refractivity contribution is -0.143. The topological polar surface area (TPSA) is 436 Å². The van der Waals surface area contributed by atoms with Crippen LogP contribution in [0.4, 0.5) is 0 Å². The van der Waals surface area contributed by atoms with Crippen molar-refractivity contribution in [1.29, 1.82) is 0 Å². The molecule has 3 aliphatic rings. The Kier molecular flexibility index (Phi) is 32.1. The molecule has 7 rings (SSSR count). The molecule has 0 spiro atoms. The number of nitrogens with zero attached hydrogens (tertiary/aromatic N) is 2.